The number of carbonyl (C=O) groups excluding carboxylic acids is 1. The number of unbranched alkanes of at least 4 members (excludes halogenated alkanes) is 1. The Labute approximate surface area is 268 Å². The number of carbonyl (C=O) groups is 1. The van der Waals surface area contributed by atoms with Crippen LogP contribution in [0.25, 0.3) is 6.08 Å². The molecular weight excluding hydrogens is 616 g/mol. The van der Waals surface area contributed by atoms with Gasteiger partial charge in [-0.25, -0.2) is 4.39 Å². The number of hydrogen-bond acceptors (Lipinski definition) is 7. The molecule has 2 aliphatic heterocycles. The van der Waals surface area contributed by atoms with Crippen molar-refractivity contribution in [3.63, 3.8) is 0 Å². The largest absolute Gasteiger partial charge is 0.494 e. The first-order valence-electron chi connectivity index (χ1n) is 13.4. The van der Waals surface area contributed by atoms with Gasteiger partial charge in [0.05, 0.1) is 17.2 Å². The van der Waals surface area contributed by atoms with Gasteiger partial charge in [-0.2, -0.15) is 0 Å². The van der Waals surface area contributed by atoms with E-state index >= 15 is 0 Å². The molecule has 0 aromatic heterocycles. The molecule has 1 amide bonds. The average molecular weight is 651 g/mol. The molecule has 3 aromatic carbocycles. The van der Waals surface area contributed by atoms with E-state index < -0.39 is 0 Å². The summed E-state index contributed by atoms with van der Waals surface area (Å²) < 4.78 is 25.3. The highest BCUT2D eigenvalue weighted by Crippen LogP contribution is 2.36. The monoisotopic (exact) mass is 649 g/mol. The molecule has 3 aromatic rings. The van der Waals surface area contributed by atoms with E-state index in [1.165, 1.54) is 23.9 Å². The zero-order valence-corrected chi connectivity index (χ0v) is 26.5. The summed E-state index contributed by atoms with van der Waals surface area (Å²) >= 11 is 6.81. The molecule has 5 rings (SSSR count). The van der Waals surface area contributed by atoms with E-state index in [0.717, 1.165) is 62.6 Å². The van der Waals surface area contributed by atoms with Gasteiger partial charge in [0.25, 0.3) is 5.91 Å². The number of nitrogens with zero attached hydrogens (tertiary/aromatic N) is 3. The first-order chi connectivity index (χ1) is 19.4. The highest BCUT2D eigenvalue weighted by atomic mass is 35.5. The van der Waals surface area contributed by atoms with Crippen LogP contribution in [0.2, 0.25) is 0 Å². The SMILES string of the molecule is CN1CCN(CCCCOc2ccc(N3C(=O)C(=Cc4ccc(Oc5ccc(F)cc5)cc4)SC3=S)cc2)CC1.Cl.Cl. The van der Waals surface area contributed by atoms with Crippen molar-refractivity contribution in [2.45, 2.75) is 12.8 Å². The number of anilines is 1. The summed E-state index contributed by atoms with van der Waals surface area (Å²) in [7, 11) is 2.17. The van der Waals surface area contributed by atoms with Gasteiger partial charge in [0.15, 0.2) is 4.32 Å². The summed E-state index contributed by atoms with van der Waals surface area (Å²) in [6.45, 7) is 6.36. The van der Waals surface area contributed by atoms with Crippen LogP contribution in [-0.4, -0.2) is 66.4 Å². The number of hydrogen-bond donors (Lipinski definition) is 0. The summed E-state index contributed by atoms with van der Waals surface area (Å²) in [6.07, 6.45) is 3.95. The van der Waals surface area contributed by atoms with Crippen LogP contribution in [0.5, 0.6) is 17.2 Å². The van der Waals surface area contributed by atoms with Crippen LogP contribution in [0.15, 0.2) is 77.7 Å². The van der Waals surface area contributed by atoms with Crippen molar-refractivity contribution in [1.82, 2.24) is 9.80 Å². The molecule has 0 radical (unpaired) electrons. The van der Waals surface area contributed by atoms with E-state index in [4.69, 9.17) is 21.7 Å². The zero-order valence-electron chi connectivity index (χ0n) is 23.2. The number of ether oxygens (including phenoxy) is 2. The van der Waals surface area contributed by atoms with Crippen LogP contribution in [0, 0.1) is 5.82 Å². The van der Waals surface area contributed by atoms with Gasteiger partial charge in [0.1, 0.15) is 23.1 Å². The van der Waals surface area contributed by atoms with E-state index in [0.29, 0.717) is 27.3 Å². The maximum absolute atomic E-state index is 13.2. The third kappa shape index (κ3) is 9.17. The number of benzene rings is 3. The highest BCUT2D eigenvalue weighted by Gasteiger charge is 2.33. The van der Waals surface area contributed by atoms with Gasteiger partial charge < -0.3 is 19.3 Å². The Morgan fingerprint density at radius 1 is 0.857 bits per heavy atom. The standard InChI is InChI=1S/C31H32FN3O3S2.2ClH/c1-33-17-19-34(20-18-33)16-2-3-21-37-26-14-8-25(9-15-26)35-30(36)29(40-31(35)39)22-23-4-10-27(11-5-23)38-28-12-6-24(32)7-13-28;;/h4-15,22H,2-3,16-21H2,1H3;2*1H. The second-order valence-electron chi connectivity index (χ2n) is 9.84. The van der Waals surface area contributed by atoms with Crippen molar-refractivity contribution in [2.75, 3.05) is 51.3 Å². The summed E-state index contributed by atoms with van der Waals surface area (Å²) in [5.41, 5.74) is 1.57. The molecule has 2 fully saturated rings. The van der Waals surface area contributed by atoms with Crippen LogP contribution in [0.3, 0.4) is 0 Å². The number of thiocarbonyl (C=S) groups is 1. The molecule has 42 heavy (non-hydrogen) atoms. The molecule has 0 unspecified atom stereocenters. The van der Waals surface area contributed by atoms with Crippen molar-refractivity contribution >= 4 is 70.8 Å². The minimum atomic E-state index is -0.313. The smallest absolute Gasteiger partial charge is 0.270 e. The number of piperazine rings is 1. The molecule has 0 saturated carbocycles. The van der Waals surface area contributed by atoms with Crippen LogP contribution in [0.1, 0.15) is 18.4 Å². The first-order valence-corrected chi connectivity index (χ1v) is 14.6. The van der Waals surface area contributed by atoms with E-state index in [2.05, 4.69) is 16.8 Å². The molecule has 2 heterocycles. The van der Waals surface area contributed by atoms with Crippen molar-refractivity contribution < 1.29 is 18.7 Å². The lowest BCUT2D eigenvalue weighted by Gasteiger charge is -2.32. The van der Waals surface area contributed by atoms with Gasteiger partial charge in [-0.05, 0) is 98.7 Å². The number of amides is 1. The predicted molar refractivity (Wildman–Crippen MR) is 178 cm³/mol. The van der Waals surface area contributed by atoms with Gasteiger partial charge in [0.2, 0.25) is 0 Å². The second kappa shape index (κ2) is 16.3. The lowest BCUT2D eigenvalue weighted by atomic mass is 10.2. The average Bonchev–Trinajstić information content (AvgIpc) is 3.24. The van der Waals surface area contributed by atoms with E-state index in [-0.39, 0.29) is 36.5 Å². The Balaban J connectivity index is 0.00000242. The topological polar surface area (TPSA) is 45.2 Å². The lowest BCUT2D eigenvalue weighted by molar-refractivity contribution is -0.113. The molecule has 0 aliphatic carbocycles. The predicted octanol–water partition coefficient (Wildman–Crippen LogP) is 7.27. The van der Waals surface area contributed by atoms with Crippen molar-refractivity contribution in [3.05, 3.63) is 89.1 Å². The number of halogens is 3. The summed E-state index contributed by atoms with van der Waals surface area (Å²) in [6, 6.07) is 20.7. The maximum Gasteiger partial charge on any atom is 0.270 e. The molecule has 6 nitrogen and oxygen atoms in total. The third-order valence-electron chi connectivity index (χ3n) is 6.85. The van der Waals surface area contributed by atoms with Crippen LogP contribution in [0.4, 0.5) is 10.1 Å². The van der Waals surface area contributed by atoms with Gasteiger partial charge in [-0.1, -0.05) is 36.1 Å². The molecule has 0 spiro atoms. The summed E-state index contributed by atoms with van der Waals surface area (Å²) in [5.74, 6) is 1.49. The lowest BCUT2D eigenvalue weighted by Crippen LogP contribution is -2.44. The van der Waals surface area contributed by atoms with Crippen molar-refractivity contribution in [1.29, 1.82) is 0 Å². The first kappa shape index (κ1) is 33.8. The zero-order chi connectivity index (χ0) is 27.9. The quantitative estimate of drug-likeness (QED) is 0.130. The molecule has 0 N–H and O–H groups in total. The van der Waals surface area contributed by atoms with Crippen molar-refractivity contribution in [3.8, 4) is 17.2 Å². The van der Waals surface area contributed by atoms with Gasteiger partial charge in [0, 0.05) is 26.2 Å². The minimum absolute atomic E-state index is 0. The molecule has 2 saturated heterocycles. The molecule has 224 valence electrons. The fourth-order valence-electron chi connectivity index (χ4n) is 4.50. The minimum Gasteiger partial charge on any atom is -0.494 e. The number of likely N-dealkylation sites (N-methyl/N-ethyl adjacent to an activating group) is 1. The van der Waals surface area contributed by atoms with Crippen LogP contribution >= 0.6 is 48.8 Å². The van der Waals surface area contributed by atoms with E-state index in [9.17, 15) is 9.18 Å². The van der Waals surface area contributed by atoms with Crippen molar-refractivity contribution in [2.24, 2.45) is 0 Å². The number of thioether (sulfide) groups is 1. The number of rotatable bonds is 10. The fraction of sp³-hybridized carbons (Fsp3) is 0.290. The van der Waals surface area contributed by atoms with Crippen LogP contribution < -0.4 is 14.4 Å². The summed E-state index contributed by atoms with van der Waals surface area (Å²) in [4.78, 5) is 20.2. The highest BCUT2D eigenvalue weighted by molar-refractivity contribution is 8.27. The van der Waals surface area contributed by atoms with E-state index in [1.54, 1.807) is 29.2 Å². The Kier molecular flexibility index (Phi) is 13.1. The van der Waals surface area contributed by atoms with Gasteiger partial charge >= 0.3 is 0 Å². The second-order valence-corrected chi connectivity index (χ2v) is 11.5. The molecule has 0 atom stereocenters. The molecular formula is C31H34Cl2FN3O3S2. The fourth-order valence-corrected chi connectivity index (χ4v) is 5.80. The third-order valence-corrected chi connectivity index (χ3v) is 8.15. The maximum atomic E-state index is 13.2. The summed E-state index contributed by atoms with van der Waals surface area (Å²) in [5, 5.41) is 0. The van der Waals surface area contributed by atoms with Gasteiger partial charge in [-0.15, -0.1) is 24.8 Å². The van der Waals surface area contributed by atoms with Crippen LogP contribution in [-0.2, 0) is 4.79 Å². The molecule has 0 bridgehead atoms. The Hall–Kier alpha value is -2.66. The molecule has 2 aliphatic rings. The van der Waals surface area contributed by atoms with Gasteiger partial charge in [-0.3, -0.25) is 9.69 Å². The normalized spacial score (nSPS) is 16.7. The van der Waals surface area contributed by atoms with E-state index in [1.807, 2.05) is 42.5 Å². The molecule has 11 heteroatoms. The Morgan fingerprint density at radius 3 is 2.10 bits per heavy atom. The Morgan fingerprint density at radius 2 is 1.45 bits per heavy atom. The Bertz CT molecular complexity index is 1350.